The summed E-state index contributed by atoms with van der Waals surface area (Å²) in [6.45, 7) is 0.654. The molecule has 1 aliphatic heterocycles. The van der Waals surface area contributed by atoms with Gasteiger partial charge in [0.25, 0.3) is 11.8 Å². The molecule has 4 rings (SSSR count). The van der Waals surface area contributed by atoms with E-state index in [-0.39, 0.29) is 18.6 Å². The largest absolute Gasteiger partial charge is 0.484 e. The Morgan fingerprint density at radius 2 is 2.15 bits per heavy atom. The summed E-state index contributed by atoms with van der Waals surface area (Å²) < 4.78 is 10.9. The molecule has 1 fully saturated rings. The van der Waals surface area contributed by atoms with Gasteiger partial charge in [-0.3, -0.25) is 9.89 Å². The van der Waals surface area contributed by atoms with Crippen molar-refractivity contribution < 1.29 is 14.1 Å². The summed E-state index contributed by atoms with van der Waals surface area (Å²) in [7, 11) is 0. The van der Waals surface area contributed by atoms with E-state index in [0.29, 0.717) is 29.7 Å². The van der Waals surface area contributed by atoms with Gasteiger partial charge in [0.1, 0.15) is 11.4 Å². The summed E-state index contributed by atoms with van der Waals surface area (Å²) in [4.78, 5) is 18.9. The molecule has 0 bridgehead atoms. The van der Waals surface area contributed by atoms with Crippen LogP contribution in [0.3, 0.4) is 0 Å². The maximum Gasteiger partial charge on any atom is 0.276 e. The number of aromatic nitrogens is 4. The molecular formula is C18H19N5O3. The molecule has 26 heavy (non-hydrogen) atoms. The van der Waals surface area contributed by atoms with Crippen molar-refractivity contribution >= 4 is 5.91 Å². The molecule has 8 nitrogen and oxygen atoms in total. The maximum atomic E-state index is 12.7. The quantitative estimate of drug-likeness (QED) is 0.757. The van der Waals surface area contributed by atoms with E-state index in [2.05, 4.69) is 20.3 Å². The van der Waals surface area contributed by atoms with Crippen LogP contribution in [0.25, 0.3) is 11.6 Å². The Balaban J connectivity index is 1.47. The molecule has 1 amide bonds. The lowest BCUT2D eigenvalue weighted by atomic mass is 10.0. The number of hydrogen-bond donors (Lipinski definition) is 1. The number of aromatic amines is 1. The minimum absolute atomic E-state index is 0.00816. The number of hydrogen-bond acceptors (Lipinski definition) is 6. The zero-order valence-corrected chi connectivity index (χ0v) is 14.2. The predicted molar refractivity (Wildman–Crippen MR) is 92.1 cm³/mol. The van der Waals surface area contributed by atoms with Crippen LogP contribution in [0.15, 0.2) is 47.1 Å². The van der Waals surface area contributed by atoms with E-state index in [4.69, 9.17) is 9.26 Å². The Labute approximate surface area is 150 Å². The number of carbonyl (C=O) groups is 1. The molecule has 1 atom stereocenters. The van der Waals surface area contributed by atoms with Crippen LogP contribution >= 0.6 is 0 Å². The van der Waals surface area contributed by atoms with Crippen molar-refractivity contribution in [1.82, 2.24) is 25.2 Å². The van der Waals surface area contributed by atoms with Crippen molar-refractivity contribution in [2.75, 3.05) is 13.2 Å². The summed E-state index contributed by atoms with van der Waals surface area (Å²) in [5, 5.41) is 10.8. The Hall–Kier alpha value is -3.16. The topological polar surface area (TPSA) is 97.1 Å². The molecule has 134 valence electrons. The van der Waals surface area contributed by atoms with Gasteiger partial charge < -0.3 is 14.2 Å². The number of para-hydroxylation sites is 1. The van der Waals surface area contributed by atoms with Gasteiger partial charge in [0.15, 0.2) is 12.4 Å². The average molecular weight is 353 g/mol. The third kappa shape index (κ3) is 3.44. The summed E-state index contributed by atoms with van der Waals surface area (Å²) in [6.07, 6.45) is 4.40. The van der Waals surface area contributed by atoms with Crippen molar-refractivity contribution in [2.45, 2.75) is 25.3 Å². The third-order valence-electron chi connectivity index (χ3n) is 4.40. The van der Waals surface area contributed by atoms with E-state index < -0.39 is 0 Å². The first-order valence-corrected chi connectivity index (χ1v) is 8.62. The van der Waals surface area contributed by atoms with Crippen molar-refractivity contribution in [3.05, 3.63) is 48.4 Å². The second-order valence-electron chi connectivity index (χ2n) is 6.13. The number of nitrogens with one attached hydrogen (secondary N) is 1. The number of piperidine rings is 1. The lowest BCUT2D eigenvalue weighted by Gasteiger charge is -2.33. The van der Waals surface area contributed by atoms with E-state index in [0.717, 1.165) is 19.3 Å². The summed E-state index contributed by atoms with van der Waals surface area (Å²) in [6, 6.07) is 10.9. The molecule has 1 aromatic carbocycles. The Kier molecular flexibility index (Phi) is 4.63. The number of amides is 1. The minimum atomic E-state index is -0.198. The lowest BCUT2D eigenvalue weighted by molar-refractivity contribution is -0.137. The Bertz CT molecular complexity index is 847. The zero-order chi connectivity index (χ0) is 17.8. The molecule has 3 aromatic rings. The number of H-pyrrole nitrogens is 1. The summed E-state index contributed by atoms with van der Waals surface area (Å²) >= 11 is 0. The first kappa shape index (κ1) is 16.3. The molecule has 0 saturated carbocycles. The molecule has 1 unspecified atom stereocenters. The van der Waals surface area contributed by atoms with Crippen LogP contribution in [0.5, 0.6) is 5.75 Å². The summed E-state index contributed by atoms with van der Waals surface area (Å²) in [5.74, 6) is 1.49. The van der Waals surface area contributed by atoms with Gasteiger partial charge in [0, 0.05) is 12.7 Å². The fourth-order valence-corrected chi connectivity index (χ4v) is 3.10. The fourth-order valence-electron chi connectivity index (χ4n) is 3.10. The van der Waals surface area contributed by atoms with Gasteiger partial charge in [-0.15, -0.1) is 0 Å². The van der Waals surface area contributed by atoms with Gasteiger partial charge in [0.05, 0.1) is 6.04 Å². The number of nitrogens with zero attached hydrogens (tertiary/aromatic N) is 4. The second-order valence-corrected chi connectivity index (χ2v) is 6.13. The molecule has 8 heteroatoms. The van der Waals surface area contributed by atoms with Crippen LogP contribution in [0, 0.1) is 0 Å². The zero-order valence-electron chi connectivity index (χ0n) is 14.2. The van der Waals surface area contributed by atoms with Gasteiger partial charge in [-0.2, -0.15) is 10.1 Å². The monoisotopic (exact) mass is 353 g/mol. The molecule has 1 aliphatic rings. The molecule has 0 aliphatic carbocycles. The number of likely N-dealkylation sites (tertiary alicyclic amines) is 1. The second kappa shape index (κ2) is 7.38. The highest BCUT2D eigenvalue weighted by molar-refractivity contribution is 5.78. The van der Waals surface area contributed by atoms with Crippen LogP contribution in [0.2, 0.25) is 0 Å². The standard InChI is InChI=1S/C18H19N5O3/c24-16(12-25-13-6-2-1-3-7-13)23-11-5-4-8-15(23)17-20-18(26-22-17)14-9-10-19-21-14/h1-3,6-7,9-10,15H,4-5,8,11-12H2,(H,19,21). The van der Waals surface area contributed by atoms with Gasteiger partial charge in [0.2, 0.25) is 0 Å². The SMILES string of the molecule is O=C(COc1ccccc1)N1CCCCC1c1noc(-c2ccn[nH]2)n1. The predicted octanol–water partition coefficient (Wildman–Crippen LogP) is 2.59. The van der Waals surface area contributed by atoms with Crippen LogP contribution in [0.1, 0.15) is 31.1 Å². The van der Waals surface area contributed by atoms with E-state index in [1.807, 2.05) is 30.3 Å². The van der Waals surface area contributed by atoms with Crippen LogP contribution in [-0.4, -0.2) is 44.3 Å². The van der Waals surface area contributed by atoms with Crippen LogP contribution in [-0.2, 0) is 4.79 Å². The Morgan fingerprint density at radius 1 is 1.27 bits per heavy atom. The van der Waals surface area contributed by atoms with Gasteiger partial charge in [-0.05, 0) is 37.5 Å². The first-order chi connectivity index (χ1) is 12.8. The number of rotatable bonds is 5. The lowest BCUT2D eigenvalue weighted by Crippen LogP contribution is -2.41. The Morgan fingerprint density at radius 3 is 2.96 bits per heavy atom. The first-order valence-electron chi connectivity index (χ1n) is 8.62. The third-order valence-corrected chi connectivity index (χ3v) is 4.40. The average Bonchev–Trinajstić information content (AvgIpc) is 3.38. The number of ether oxygens (including phenoxy) is 1. The highest BCUT2D eigenvalue weighted by atomic mass is 16.5. The normalized spacial score (nSPS) is 17.2. The molecule has 1 saturated heterocycles. The molecule has 0 radical (unpaired) electrons. The van der Waals surface area contributed by atoms with Crippen LogP contribution in [0.4, 0.5) is 0 Å². The van der Waals surface area contributed by atoms with Gasteiger partial charge >= 0.3 is 0 Å². The van der Waals surface area contributed by atoms with Crippen molar-refractivity contribution in [3.63, 3.8) is 0 Å². The van der Waals surface area contributed by atoms with Crippen molar-refractivity contribution in [3.8, 4) is 17.3 Å². The molecule has 0 spiro atoms. The van der Waals surface area contributed by atoms with E-state index in [1.54, 1.807) is 17.2 Å². The molecular weight excluding hydrogens is 334 g/mol. The van der Waals surface area contributed by atoms with Crippen LogP contribution < -0.4 is 4.74 Å². The fraction of sp³-hybridized carbons (Fsp3) is 0.333. The van der Waals surface area contributed by atoms with E-state index >= 15 is 0 Å². The molecule has 3 heterocycles. The molecule has 2 aromatic heterocycles. The molecule has 1 N–H and O–H groups in total. The number of benzene rings is 1. The smallest absolute Gasteiger partial charge is 0.276 e. The number of carbonyl (C=O) groups excluding carboxylic acids is 1. The summed E-state index contributed by atoms with van der Waals surface area (Å²) in [5.41, 5.74) is 0.657. The van der Waals surface area contributed by atoms with Gasteiger partial charge in [-0.25, -0.2) is 0 Å². The van der Waals surface area contributed by atoms with Crippen molar-refractivity contribution in [2.24, 2.45) is 0 Å². The van der Waals surface area contributed by atoms with E-state index in [1.165, 1.54) is 0 Å². The maximum absolute atomic E-state index is 12.7. The van der Waals surface area contributed by atoms with E-state index in [9.17, 15) is 4.79 Å². The van der Waals surface area contributed by atoms with Crippen molar-refractivity contribution in [1.29, 1.82) is 0 Å². The van der Waals surface area contributed by atoms with Gasteiger partial charge in [-0.1, -0.05) is 23.4 Å². The highest BCUT2D eigenvalue weighted by Gasteiger charge is 2.32. The highest BCUT2D eigenvalue weighted by Crippen LogP contribution is 2.30. The minimum Gasteiger partial charge on any atom is -0.484 e.